The highest BCUT2D eigenvalue weighted by Crippen LogP contribution is 2.24. The van der Waals surface area contributed by atoms with Crippen LogP contribution in [0.2, 0.25) is 0 Å². The van der Waals surface area contributed by atoms with E-state index in [-0.39, 0.29) is 0 Å². The Labute approximate surface area is 135 Å². The molecule has 3 aromatic rings. The van der Waals surface area contributed by atoms with Crippen LogP contribution in [-0.4, -0.2) is 37.8 Å². The molecule has 2 aromatic heterocycles. The first-order valence-electron chi connectivity index (χ1n) is 8.27. The normalized spacial score (nSPS) is 18.7. The predicted octanol–water partition coefficient (Wildman–Crippen LogP) is 2.69. The Bertz CT molecular complexity index is 784. The molecule has 1 N–H and O–H groups in total. The Morgan fingerprint density at radius 1 is 1.22 bits per heavy atom. The molecule has 1 atom stereocenters. The summed E-state index contributed by atoms with van der Waals surface area (Å²) in [5.41, 5.74) is 2.14. The Kier molecular flexibility index (Phi) is 3.52. The first-order chi connectivity index (χ1) is 11.2. The number of aromatic nitrogens is 5. The molecule has 0 bridgehead atoms. The minimum atomic E-state index is 0.580. The summed E-state index contributed by atoms with van der Waals surface area (Å²) in [7, 11) is 0. The average molecular weight is 310 g/mol. The third-order valence-electron chi connectivity index (χ3n) is 4.59. The molecule has 4 rings (SSSR count). The van der Waals surface area contributed by atoms with Crippen LogP contribution in [0.15, 0.2) is 24.3 Å². The van der Waals surface area contributed by atoms with E-state index in [2.05, 4.69) is 32.1 Å². The minimum Gasteiger partial charge on any atom is -0.342 e. The summed E-state index contributed by atoms with van der Waals surface area (Å²) in [5.74, 6) is 3.43. The second-order valence-electron chi connectivity index (χ2n) is 6.42. The van der Waals surface area contributed by atoms with Gasteiger partial charge in [-0.1, -0.05) is 12.1 Å². The van der Waals surface area contributed by atoms with E-state index in [1.165, 1.54) is 12.8 Å². The lowest BCUT2D eigenvalue weighted by atomic mass is 9.98. The van der Waals surface area contributed by atoms with E-state index in [0.29, 0.717) is 5.92 Å². The zero-order chi connectivity index (χ0) is 15.8. The fourth-order valence-corrected chi connectivity index (χ4v) is 3.47. The van der Waals surface area contributed by atoms with E-state index in [9.17, 15) is 0 Å². The Balaban J connectivity index is 1.51. The topological polar surface area (TPSA) is 62.6 Å². The van der Waals surface area contributed by atoms with Crippen LogP contribution in [0.5, 0.6) is 0 Å². The van der Waals surface area contributed by atoms with E-state index < -0.39 is 0 Å². The maximum absolute atomic E-state index is 4.74. The summed E-state index contributed by atoms with van der Waals surface area (Å²) in [6.45, 7) is 6.98. The van der Waals surface area contributed by atoms with E-state index >= 15 is 0 Å². The largest absolute Gasteiger partial charge is 0.342 e. The summed E-state index contributed by atoms with van der Waals surface area (Å²) in [4.78, 5) is 15.0. The van der Waals surface area contributed by atoms with Gasteiger partial charge in [0.1, 0.15) is 11.6 Å². The fourth-order valence-electron chi connectivity index (χ4n) is 3.47. The van der Waals surface area contributed by atoms with Gasteiger partial charge in [-0.15, -0.1) is 0 Å². The predicted molar refractivity (Wildman–Crippen MR) is 90.5 cm³/mol. The van der Waals surface area contributed by atoms with Crippen molar-refractivity contribution in [2.24, 2.45) is 5.92 Å². The monoisotopic (exact) mass is 310 g/mol. The standard InChI is InChI=1S/C17H22N6/c1-12-18-13(2)23(21-12)11-14-6-5-9-22(10-14)17-19-15-7-3-4-8-16(15)20-17/h3-4,7-8,14H,5-6,9-11H2,1-2H3,(H,19,20). The van der Waals surface area contributed by atoms with Crippen molar-refractivity contribution in [3.63, 3.8) is 0 Å². The molecule has 1 unspecified atom stereocenters. The fraction of sp³-hybridized carbons (Fsp3) is 0.471. The molecule has 1 aromatic carbocycles. The maximum atomic E-state index is 4.74. The van der Waals surface area contributed by atoms with Crippen LogP contribution in [0.1, 0.15) is 24.5 Å². The van der Waals surface area contributed by atoms with Gasteiger partial charge in [0, 0.05) is 19.6 Å². The third kappa shape index (κ3) is 2.81. The molecule has 3 heterocycles. The van der Waals surface area contributed by atoms with Gasteiger partial charge in [0.15, 0.2) is 0 Å². The Morgan fingerprint density at radius 3 is 2.87 bits per heavy atom. The lowest BCUT2D eigenvalue weighted by Gasteiger charge is -2.32. The second kappa shape index (κ2) is 5.68. The number of piperidine rings is 1. The van der Waals surface area contributed by atoms with Gasteiger partial charge in [0.2, 0.25) is 5.95 Å². The van der Waals surface area contributed by atoms with Gasteiger partial charge in [-0.2, -0.15) is 5.10 Å². The van der Waals surface area contributed by atoms with E-state index in [1.54, 1.807) is 0 Å². The molecule has 23 heavy (non-hydrogen) atoms. The molecule has 1 saturated heterocycles. The SMILES string of the molecule is Cc1nc(C)n(CC2CCCN(c3nc4ccccc4[nH]3)C2)n1. The first-order valence-corrected chi connectivity index (χ1v) is 8.27. The second-order valence-corrected chi connectivity index (χ2v) is 6.42. The van der Waals surface area contributed by atoms with Crippen LogP contribution < -0.4 is 4.90 Å². The number of imidazole rings is 1. The van der Waals surface area contributed by atoms with Gasteiger partial charge >= 0.3 is 0 Å². The van der Waals surface area contributed by atoms with Crippen molar-refractivity contribution < 1.29 is 0 Å². The molecule has 6 heteroatoms. The summed E-state index contributed by atoms with van der Waals surface area (Å²) in [6, 6.07) is 8.20. The highest BCUT2D eigenvalue weighted by atomic mass is 15.3. The molecule has 0 radical (unpaired) electrons. The zero-order valence-electron chi connectivity index (χ0n) is 13.7. The van der Waals surface area contributed by atoms with Gasteiger partial charge in [-0.05, 0) is 44.7 Å². The molecular weight excluding hydrogens is 288 g/mol. The molecular formula is C17H22N6. The average Bonchev–Trinajstić information content (AvgIpc) is 3.11. The number of benzene rings is 1. The van der Waals surface area contributed by atoms with Crippen molar-refractivity contribution in [1.82, 2.24) is 24.7 Å². The number of hydrogen-bond donors (Lipinski definition) is 1. The van der Waals surface area contributed by atoms with Gasteiger partial charge in [-0.25, -0.2) is 14.6 Å². The molecule has 120 valence electrons. The smallest absolute Gasteiger partial charge is 0.203 e. The van der Waals surface area contributed by atoms with Crippen molar-refractivity contribution in [3.05, 3.63) is 35.9 Å². The highest BCUT2D eigenvalue weighted by Gasteiger charge is 2.23. The van der Waals surface area contributed by atoms with Gasteiger partial charge in [0.25, 0.3) is 0 Å². The number of aryl methyl sites for hydroxylation is 2. The number of fused-ring (bicyclic) bond motifs is 1. The summed E-state index contributed by atoms with van der Waals surface area (Å²) >= 11 is 0. The van der Waals surface area contributed by atoms with Crippen molar-refractivity contribution in [1.29, 1.82) is 0 Å². The van der Waals surface area contributed by atoms with E-state index in [1.807, 2.05) is 30.7 Å². The van der Waals surface area contributed by atoms with Crippen LogP contribution in [-0.2, 0) is 6.54 Å². The molecule has 1 aliphatic rings. The Hall–Kier alpha value is -2.37. The van der Waals surface area contributed by atoms with Crippen LogP contribution in [0.3, 0.4) is 0 Å². The molecule has 0 aliphatic carbocycles. The molecule has 0 amide bonds. The number of nitrogens with one attached hydrogen (secondary N) is 1. The number of anilines is 1. The Morgan fingerprint density at radius 2 is 2.09 bits per heavy atom. The molecule has 1 fully saturated rings. The summed E-state index contributed by atoms with van der Waals surface area (Å²) < 4.78 is 2.04. The first kappa shape index (κ1) is 14.2. The number of rotatable bonds is 3. The van der Waals surface area contributed by atoms with Gasteiger partial charge in [0.05, 0.1) is 11.0 Å². The van der Waals surface area contributed by atoms with Gasteiger partial charge in [-0.3, -0.25) is 0 Å². The maximum Gasteiger partial charge on any atom is 0.203 e. The third-order valence-corrected chi connectivity index (χ3v) is 4.59. The zero-order valence-corrected chi connectivity index (χ0v) is 13.7. The highest BCUT2D eigenvalue weighted by molar-refractivity contribution is 5.77. The molecule has 0 saturated carbocycles. The van der Waals surface area contributed by atoms with Crippen molar-refractivity contribution in [3.8, 4) is 0 Å². The molecule has 1 aliphatic heterocycles. The van der Waals surface area contributed by atoms with Crippen LogP contribution in [0.4, 0.5) is 5.95 Å². The number of H-pyrrole nitrogens is 1. The quantitative estimate of drug-likeness (QED) is 0.808. The summed E-state index contributed by atoms with van der Waals surface area (Å²) in [5, 5.41) is 4.50. The van der Waals surface area contributed by atoms with Crippen LogP contribution in [0, 0.1) is 19.8 Å². The van der Waals surface area contributed by atoms with Crippen molar-refractivity contribution >= 4 is 17.0 Å². The number of hydrogen-bond acceptors (Lipinski definition) is 4. The van der Waals surface area contributed by atoms with Crippen LogP contribution >= 0.6 is 0 Å². The van der Waals surface area contributed by atoms with Crippen molar-refractivity contribution in [2.45, 2.75) is 33.2 Å². The molecule has 6 nitrogen and oxygen atoms in total. The van der Waals surface area contributed by atoms with E-state index in [4.69, 9.17) is 4.98 Å². The van der Waals surface area contributed by atoms with E-state index in [0.717, 1.165) is 48.3 Å². The number of nitrogens with zero attached hydrogens (tertiary/aromatic N) is 5. The van der Waals surface area contributed by atoms with Crippen molar-refractivity contribution in [2.75, 3.05) is 18.0 Å². The number of aromatic amines is 1. The lowest BCUT2D eigenvalue weighted by Crippen LogP contribution is -2.38. The summed E-state index contributed by atoms with van der Waals surface area (Å²) in [6.07, 6.45) is 2.42. The lowest BCUT2D eigenvalue weighted by molar-refractivity contribution is 0.346. The number of para-hydroxylation sites is 2. The van der Waals surface area contributed by atoms with Gasteiger partial charge < -0.3 is 9.88 Å². The minimum absolute atomic E-state index is 0.580. The molecule has 0 spiro atoms. The van der Waals surface area contributed by atoms with Crippen LogP contribution in [0.25, 0.3) is 11.0 Å².